The third-order valence-corrected chi connectivity index (χ3v) is 4.73. The summed E-state index contributed by atoms with van der Waals surface area (Å²) in [5.41, 5.74) is 8.07. The Morgan fingerprint density at radius 1 is 1.12 bits per heavy atom. The second kappa shape index (κ2) is 7.53. The van der Waals surface area contributed by atoms with Gasteiger partial charge in [0.2, 0.25) is 5.91 Å². The van der Waals surface area contributed by atoms with Gasteiger partial charge in [0.15, 0.2) is 0 Å². The smallest absolute Gasteiger partial charge is 0.273 e. The highest BCUT2D eigenvalue weighted by molar-refractivity contribution is 7.13. The lowest BCUT2D eigenvalue weighted by atomic mass is 10.2. The summed E-state index contributed by atoms with van der Waals surface area (Å²) in [4.78, 5) is 28.6. The first-order chi connectivity index (χ1) is 12.4. The van der Waals surface area contributed by atoms with Gasteiger partial charge in [-0.15, -0.1) is 11.3 Å². The molecule has 0 spiro atoms. The number of hydrazine groups is 1. The molecule has 2 aromatic heterocycles. The molecule has 0 aliphatic rings. The highest BCUT2D eigenvalue weighted by Crippen LogP contribution is 2.24. The number of benzene rings is 1. The van der Waals surface area contributed by atoms with Gasteiger partial charge in [-0.05, 0) is 26.8 Å². The topological polar surface area (TPSA) is 84.2 Å². The Hall–Kier alpha value is -2.93. The van der Waals surface area contributed by atoms with Crippen molar-refractivity contribution >= 4 is 23.2 Å². The normalized spacial score (nSPS) is 10.6. The summed E-state index contributed by atoms with van der Waals surface area (Å²) in [6.07, 6.45) is 0.0893. The Balaban J connectivity index is 1.56. The van der Waals surface area contributed by atoms with Crippen LogP contribution in [0.1, 0.15) is 33.1 Å². The molecule has 3 aromatic rings. The molecule has 1 aromatic carbocycles. The maximum absolute atomic E-state index is 12.1. The minimum atomic E-state index is -0.411. The number of amides is 2. The van der Waals surface area contributed by atoms with E-state index in [-0.39, 0.29) is 12.3 Å². The molecule has 0 fully saturated rings. The molecule has 7 heteroatoms. The molecule has 6 nitrogen and oxygen atoms in total. The summed E-state index contributed by atoms with van der Waals surface area (Å²) in [5.74, 6) is 0.407. The molecule has 0 bridgehead atoms. The predicted molar refractivity (Wildman–Crippen MR) is 99.8 cm³/mol. The van der Waals surface area contributed by atoms with Gasteiger partial charge in [-0.2, -0.15) is 0 Å². The van der Waals surface area contributed by atoms with Crippen LogP contribution in [-0.2, 0) is 11.2 Å². The number of thiazole rings is 1. The third-order valence-electron chi connectivity index (χ3n) is 3.79. The van der Waals surface area contributed by atoms with E-state index in [9.17, 15) is 9.59 Å². The number of carbonyl (C=O) groups is 2. The van der Waals surface area contributed by atoms with Crippen LogP contribution in [0.3, 0.4) is 0 Å². The number of hydrogen-bond donors (Lipinski definition) is 2. The predicted octanol–water partition coefficient (Wildman–Crippen LogP) is 3.33. The number of aromatic nitrogens is 1. The van der Waals surface area contributed by atoms with Crippen molar-refractivity contribution in [3.63, 3.8) is 0 Å². The third kappa shape index (κ3) is 4.18. The molecule has 0 aliphatic carbocycles. The van der Waals surface area contributed by atoms with E-state index in [4.69, 9.17) is 4.42 Å². The molecule has 0 unspecified atom stereocenters. The SMILES string of the molecule is Cc1ccc(-c2nc(CC(=O)NNC(=O)c3cc(C)oc3C)cs2)cc1. The van der Waals surface area contributed by atoms with Crippen molar-refractivity contribution < 1.29 is 14.0 Å². The number of hydrogen-bond acceptors (Lipinski definition) is 5. The number of rotatable bonds is 4. The molecular formula is C19H19N3O3S. The standard InChI is InChI=1S/C19H19N3O3S/c1-11-4-6-14(7-5-11)19-20-15(10-26-19)9-17(23)21-22-18(24)16-8-12(2)25-13(16)3/h4-8,10H,9H2,1-3H3,(H,21,23)(H,22,24). The maximum atomic E-state index is 12.1. The Morgan fingerprint density at radius 2 is 1.85 bits per heavy atom. The highest BCUT2D eigenvalue weighted by atomic mass is 32.1. The van der Waals surface area contributed by atoms with Crippen molar-refractivity contribution in [3.05, 3.63) is 64.1 Å². The van der Waals surface area contributed by atoms with Crippen molar-refractivity contribution in [2.45, 2.75) is 27.2 Å². The Kier molecular flexibility index (Phi) is 5.18. The lowest BCUT2D eigenvalue weighted by Crippen LogP contribution is -2.42. The van der Waals surface area contributed by atoms with Crippen molar-refractivity contribution in [2.75, 3.05) is 0 Å². The second-order valence-electron chi connectivity index (χ2n) is 6.02. The fourth-order valence-electron chi connectivity index (χ4n) is 2.48. The maximum Gasteiger partial charge on any atom is 0.273 e. The molecule has 2 N–H and O–H groups in total. The zero-order valence-corrected chi connectivity index (χ0v) is 15.6. The van der Waals surface area contributed by atoms with Crippen LogP contribution in [0.4, 0.5) is 0 Å². The van der Waals surface area contributed by atoms with E-state index in [1.165, 1.54) is 16.9 Å². The molecule has 0 radical (unpaired) electrons. The summed E-state index contributed by atoms with van der Waals surface area (Å²) < 4.78 is 5.31. The summed E-state index contributed by atoms with van der Waals surface area (Å²) in [7, 11) is 0. The number of nitrogens with one attached hydrogen (secondary N) is 2. The van der Waals surface area contributed by atoms with Crippen LogP contribution in [0, 0.1) is 20.8 Å². The van der Waals surface area contributed by atoms with Crippen molar-refractivity contribution in [1.29, 1.82) is 0 Å². The van der Waals surface area contributed by atoms with Crippen LogP contribution < -0.4 is 10.9 Å². The number of nitrogens with zero attached hydrogens (tertiary/aromatic N) is 1. The van der Waals surface area contributed by atoms with Gasteiger partial charge in [0.05, 0.1) is 17.7 Å². The minimum Gasteiger partial charge on any atom is -0.466 e. The van der Waals surface area contributed by atoms with Crippen LogP contribution in [0.5, 0.6) is 0 Å². The molecule has 0 atom stereocenters. The van der Waals surface area contributed by atoms with Crippen LogP contribution in [-0.4, -0.2) is 16.8 Å². The molecular weight excluding hydrogens is 350 g/mol. The molecule has 2 amide bonds. The van der Waals surface area contributed by atoms with Crippen LogP contribution in [0.25, 0.3) is 10.6 Å². The molecule has 134 valence electrons. The van der Waals surface area contributed by atoms with E-state index in [1.54, 1.807) is 19.9 Å². The van der Waals surface area contributed by atoms with E-state index in [0.29, 0.717) is 22.8 Å². The molecule has 0 saturated carbocycles. The Bertz CT molecular complexity index is 941. The van der Waals surface area contributed by atoms with E-state index in [1.807, 2.05) is 36.6 Å². The van der Waals surface area contributed by atoms with Gasteiger partial charge in [0, 0.05) is 10.9 Å². The lowest BCUT2D eigenvalue weighted by molar-refractivity contribution is -0.121. The van der Waals surface area contributed by atoms with Gasteiger partial charge in [-0.3, -0.25) is 20.4 Å². The number of aryl methyl sites for hydroxylation is 3. The summed E-state index contributed by atoms with van der Waals surface area (Å²) in [6.45, 7) is 5.49. The van der Waals surface area contributed by atoms with Crippen molar-refractivity contribution in [1.82, 2.24) is 15.8 Å². The van der Waals surface area contributed by atoms with E-state index >= 15 is 0 Å². The Morgan fingerprint density at radius 3 is 2.50 bits per heavy atom. The largest absolute Gasteiger partial charge is 0.466 e. The summed E-state index contributed by atoms with van der Waals surface area (Å²) >= 11 is 1.49. The summed E-state index contributed by atoms with van der Waals surface area (Å²) in [5, 5.41) is 2.71. The van der Waals surface area contributed by atoms with E-state index < -0.39 is 5.91 Å². The first kappa shape index (κ1) is 17.9. The van der Waals surface area contributed by atoms with Gasteiger partial charge in [0.25, 0.3) is 5.91 Å². The number of furan rings is 1. The van der Waals surface area contributed by atoms with Gasteiger partial charge < -0.3 is 4.42 Å². The monoisotopic (exact) mass is 369 g/mol. The Labute approximate surface area is 155 Å². The average Bonchev–Trinajstić information content (AvgIpc) is 3.19. The van der Waals surface area contributed by atoms with Gasteiger partial charge in [-0.1, -0.05) is 29.8 Å². The van der Waals surface area contributed by atoms with Gasteiger partial charge in [-0.25, -0.2) is 4.98 Å². The molecule has 26 heavy (non-hydrogen) atoms. The number of carbonyl (C=O) groups excluding carboxylic acids is 2. The quantitative estimate of drug-likeness (QED) is 0.691. The zero-order valence-electron chi connectivity index (χ0n) is 14.8. The molecule has 2 heterocycles. The van der Waals surface area contributed by atoms with Gasteiger partial charge in [0.1, 0.15) is 16.5 Å². The lowest BCUT2D eigenvalue weighted by Gasteiger charge is -2.05. The van der Waals surface area contributed by atoms with Crippen molar-refractivity contribution in [3.8, 4) is 10.6 Å². The minimum absolute atomic E-state index is 0.0893. The fourth-order valence-corrected chi connectivity index (χ4v) is 3.30. The van der Waals surface area contributed by atoms with E-state index in [0.717, 1.165) is 10.6 Å². The van der Waals surface area contributed by atoms with Crippen LogP contribution in [0.2, 0.25) is 0 Å². The second-order valence-corrected chi connectivity index (χ2v) is 6.87. The van der Waals surface area contributed by atoms with Crippen LogP contribution in [0.15, 0.2) is 40.1 Å². The van der Waals surface area contributed by atoms with Crippen molar-refractivity contribution in [2.24, 2.45) is 0 Å². The summed E-state index contributed by atoms with van der Waals surface area (Å²) in [6, 6.07) is 9.70. The zero-order chi connectivity index (χ0) is 18.7. The fraction of sp³-hybridized carbons (Fsp3) is 0.211. The highest BCUT2D eigenvalue weighted by Gasteiger charge is 2.15. The molecule has 0 saturated heterocycles. The first-order valence-electron chi connectivity index (χ1n) is 8.10. The van der Waals surface area contributed by atoms with Gasteiger partial charge >= 0.3 is 0 Å². The van der Waals surface area contributed by atoms with E-state index in [2.05, 4.69) is 15.8 Å². The first-order valence-corrected chi connectivity index (χ1v) is 8.98. The molecule has 3 rings (SSSR count). The average molecular weight is 369 g/mol. The van der Waals surface area contributed by atoms with Crippen LogP contribution >= 0.6 is 11.3 Å². The molecule has 0 aliphatic heterocycles.